The van der Waals surface area contributed by atoms with E-state index in [9.17, 15) is 0 Å². The van der Waals surface area contributed by atoms with Gasteiger partial charge in [-0.3, -0.25) is 0 Å². The molecule has 4 nitrogen and oxygen atoms in total. The van der Waals surface area contributed by atoms with Crippen LogP contribution in [0.3, 0.4) is 0 Å². The van der Waals surface area contributed by atoms with Gasteiger partial charge >= 0.3 is 0 Å². The topological polar surface area (TPSA) is 51.6 Å². The normalized spacial score (nSPS) is 11.3. The SMILES string of the molecule is c1ccc(-c2nc(-c3ccccc3)nc(-c3cccc(-c4cc(-c5ccc6ccccc6c5)nc5ccc(-c6ccc7ccccc7c6)cc45)c3)n2)cc1. The van der Waals surface area contributed by atoms with Gasteiger partial charge in [0.05, 0.1) is 11.2 Å². The molecule has 0 N–H and O–H groups in total. The van der Waals surface area contributed by atoms with Crippen LogP contribution in [0.2, 0.25) is 0 Å². The van der Waals surface area contributed by atoms with Gasteiger partial charge in [-0.05, 0) is 80.2 Å². The van der Waals surface area contributed by atoms with Crippen LogP contribution in [-0.4, -0.2) is 19.9 Å². The highest BCUT2D eigenvalue weighted by Gasteiger charge is 2.16. The molecule has 8 aromatic carbocycles. The maximum absolute atomic E-state index is 5.26. The number of hydrogen-bond acceptors (Lipinski definition) is 4. The molecule has 0 bridgehead atoms. The van der Waals surface area contributed by atoms with Gasteiger partial charge < -0.3 is 0 Å². The monoisotopic (exact) mass is 688 g/mol. The minimum Gasteiger partial charge on any atom is -0.248 e. The average Bonchev–Trinajstić information content (AvgIpc) is 3.26. The fraction of sp³-hybridized carbons (Fsp3) is 0. The van der Waals surface area contributed by atoms with Crippen LogP contribution >= 0.6 is 0 Å². The fourth-order valence-corrected chi connectivity index (χ4v) is 7.27. The van der Waals surface area contributed by atoms with E-state index in [4.69, 9.17) is 19.9 Å². The predicted molar refractivity (Wildman–Crippen MR) is 223 cm³/mol. The first-order chi connectivity index (χ1) is 26.7. The van der Waals surface area contributed by atoms with Crippen molar-refractivity contribution in [2.75, 3.05) is 0 Å². The molecule has 0 aliphatic rings. The Morgan fingerprint density at radius 2 is 0.741 bits per heavy atom. The van der Waals surface area contributed by atoms with E-state index in [1.54, 1.807) is 0 Å². The third-order valence-electron chi connectivity index (χ3n) is 10.1. The van der Waals surface area contributed by atoms with Gasteiger partial charge in [0, 0.05) is 27.6 Å². The third kappa shape index (κ3) is 5.96. The molecule has 10 rings (SSSR count). The molecular formula is C50H32N4. The minimum absolute atomic E-state index is 0.620. The summed E-state index contributed by atoms with van der Waals surface area (Å²) in [4.78, 5) is 20.2. The van der Waals surface area contributed by atoms with Crippen LogP contribution in [0.15, 0.2) is 194 Å². The number of hydrogen-bond donors (Lipinski definition) is 0. The van der Waals surface area contributed by atoms with Gasteiger partial charge in [-0.15, -0.1) is 0 Å². The third-order valence-corrected chi connectivity index (χ3v) is 10.1. The van der Waals surface area contributed by atoms with Crippen molar-refractivity contribution in [3.63, 3.8) is 0 Å². The molecular weight excluding hydrogens is 657 g/mol. The van der Waals surface area contributed by atoms with Crippen LogP contribution < -0.4 is 0 Å². The lowest BCUT2D eigenvalue weighted by Crippen LogP contribution is -2.00. The first-order valence-electron chi connectivity index (χ1n) is 18.1. The summed E-state index contributed by atoms with van der Waals surface area (Å²) in [5, 5.41) is 5.91. The lowest BCUT2D eigenvalue weighted by atomic mass is 9.93. The van der Waals surface area contributed by atoms with Crippen molar-refractivity contribution in [1.82, 2.24) is 19.9 Å². The van der Waals surface area contributed by atoms with Crippen LogP contribution in [0.4, 0.5) is 0 Å². The Bertz CT molecular complexity index is 2930. The molecule has 2 heterocycles. The maximum atomic E-state index is 5.26. The van der Waals surface area contributed by atoms with Crippen LogP contribution in [0.1, 0.15) is 0 Å². The zero-order valence-electron chi connectivity index (χ0n) is 29.3. The molecule has 0 saturated carbocycles. The van der Waals surface area contributed by atoms with E-state index in [0.717, 1.165) is 55.5 Å². The van der Waals surface area contributed by atoms with E-state index in [0.29, 0.717) is 17.5 Å². The van der Waals surface area contributed by atoms with Crippen molar-refractivity contribution in [2.24, 2.45) is 0 Å². The first-order valence-corrected chi connectivity index (χ1v) is 18.1. The van der Waals surface area contributed by atoms with E-state index in [2.05, 4.69) is 133 Å². The predicted octanol–water partition coefficient (Wildman–Crippen LogP) is 12.7. The summed E-state index contributed by atoms with van der Waals surface area (Å²) in [6.45, 7) is 0. The van der Waals surface area contributed by atoms with Gasteiger partial charge in [0.15, 0.2) is 17.5 Å². The Kier molecular flexibility index (Phi) is 7.77. The van der Waals surface area contributed by atoms with E-state index >= 15 is 0 Å². The van der Waals surface area contributed by atoms with Gasteiger partial charge in [-0.25, -0.2) is 19.9 Å². The number of nitrogens with zero attached hydrogens (tertiary/aromatic N) is 4. The Labute approximate surface area is 313 Å². The Balaban J connectivity index is 1.16. The number of benzene rings is 8. The number of fused-ring (bicyclic) bond motifs is 3. The molecule has 0 atom stereocenters. The molecule has 252 valence electrons. The van der Waals surface area contributed by atoms with Gasteiger partial charge in [-0.1, -0.05) is 158 Å². The molecule has 0 fully saturated rings. The van der Waals surface area contributed by atoms with Crippen molar-refractivity contribution in [1.29, 1.82) is 0 Å². The van der Waals surface area contributed by atoms with Gasteiger partial charge in [0.25, 0.3) is 0 Å². The highest BCUT2D eigenvalue weighted by molar-refractivity contribution is 6.00. The molecule has 4 heteroatoms. The summed E-state index contributed by atoms with van der Waals surface area (Å²) >= 11 is 0. The van der Waals surface area contributed by atoms with Crippen LogP contribution in [-0.2, 0) is 0 Å². The highest BCUT2D eigenvalue weighted by Crippen LogP contribution is 2.37. The molecule has 0 spiro atoms. The molecule has 0 unspecified atom stereocenters. The first kappa shape index (κ1) is 31.4. The van der Waals surface area contributed by atoms with Crippen molar-refractivity contribution in [3.05, 3.63) is 194 Å². The zero-order valence-corrected chi connectivity index (χ0v) is 29.3. The second-order valence-electron chi connectivity index (χ2n) is 13.5. The van der Waals surface area contributed by atoms with E-state index in [1.165, 1.54) is 27.1 Å². The summed E-state index contributed by atoms with van der Waals surface area (Å²) < 4.78 is 0. The van der Waals surface area contributed by atoms with Crippen molar-refractivity contribution in [3.8, 4) is 67.7 Å². The van der Waals surface area contributed by atoms with Crippen molar-refractivity contribution >= 4 is 32.4 Å². The smallest absolute Gasteiger partial charge is 0.164 e. The summed E-state index contributed by atoms with van der Waals surface area (Å²) in [6, 6.07) is 67.8. The zero-order chi connectivity index (χ0) is 35.8. The largest absolute Gasteiger partial charge is 0.248 e. The average molecular weight is 689 g/mol. The number of pyridine rings is 1. The molecule has 10 aromatic rings. The molecule has 0 aliphatic carbocycles. The van der Waals surface area contributed by atoms with Gasteiger partial charge in [0.2, 0.25) is 0 Å². The Hall–Kier alpha value is -7.30. The van der Waals surface area contributed by atoms with E-state index < -0.39 is 0 Å². The van der Waals surface area contributed by atoms with Crippen molar-refractivity contribution < 1.29 is 0 Å². The second kappa shape index (κ2) is 13.4. The van der Waals surface area contributed by atoms with Crippen LogP contribution in [0.5, 0.6) is 0 Å². The maximum Gasteiger partial charge on any atom is 0.164 e. The van der Waals surface area contributed by atoms with Crippen LogP contribution in [0.25, 0.3) is 100 Å². The fourth-order valence-electron chi connectivity index (χ4n) is 7.27. The molecule has 2 aromatic heterocycles. The minimum atomic E-state index is 0.620. The lowest BCUT2D eigenvalue weighted by molar-refractivity contribution is 1.07. The highest BCUT2D eigenvalue weighted by atomic mass is 15.0. The van der Waals surface area contributed by atoms with Gasteiger partial charge in [0.1, 0.15) is 0 Å². The van der Waals surface area contributed by atoms with Crippen molar-refractivity contribution in [2.45, 2.75) is 0 Å². The quantitative estimate of drug-likeness (QED) is 0.174. The molecule has 0 amide bonds. The Morgan fingerprint density at radius 3 is 1.39 bits per heavy atom. The standard InChI is InChI=1S/C50H32N4/c1-3-14-35(15-4-1)48-52-49(36-16-5-2-6-17-36)54-50(53-48)43-21-11-20-41(30-43)44-32-47(42-25-23-34-13-8-10-19-38(34)29-42)51-46-27-26-40(31-45(44)46)39-24-22-33-12-7-9-18-37(33)28-39/h1-32H. The van der Waals surface area contributed by atoms with Crippen LogP contribution in [0, 0.1) is 0 Å². The van der Waals surface area contributed by atoms with Gasteiger partial charge in [-0.2, -0.15) is 0 Å². The second-order valence-corrected chi connectivity index (χ2v) is 13.5. The van der Waals surface area contributed by atoms with E-state index in [1.807, 2.05) is 60.7 Å². The summed E-state index contributed by atoms with van der Waals surface area (Å²) in [7, 11) is 0. The summed E-state index contributed by atoms with van der Waals surface area (Å²) in [6.07, 6.45) is 0. The summed E-state index contributed by atoms with van der Waals surface area (Å²) in [5.41, 5.74) is 10.2. The molecule has 0 saturated heterocycles. The number of rotatable bonds is 6. The Morgan fingerprint density at radius 1 is 0.259 bits per heavy atom. The molecule has 54 heavy (non-hydrogen) atoms. The number of aromatic nitrogens is 4. The van der Waals surface area contributed by atoms with E-state index in [-0.39, 0.29) is 0 Å². The summed E-state index contributed by atoms with van der Waals surface area (Å²) in [5.74, 6) is 1.89. The molecule has 0 radical (unpaired) electrons. The molecule has 0 aliphatic heterocycles. The lowest BCUT2D eigenvalue weighted by Gasteiger charge is -2.14.